The second kappa shape index (κ2) is 14.2. The molecule has 1 aromatic heterocycles. The fraction of sp³-hybridized carbons (Fsp3) is 0.406. The predicted molar refractivity (Wildman–Crippen MR) is 156 cm³/mol. The summed E-state index contributed by atoms with van der Waals surface area (Å²) in [5.74, 6) is -2.13. The molecule has 5 atom stereocenters. The van der Waals surface area contributed by atoms with Crippen molar-refractivity contribution in [3.8, 4) is 22.6 Å². The molecule has 0 aliphatic carbocycles. The molecule has 0 amide bonds. The van der Waals surface area contributed by atoms with E-state index in [1.807, 2.05) is 13.8 Å². The van der Waals surface area contributed by atoms with E-state index in [0.29, 0.717) is 16.9 Å². The van der Waals surface area contributed by atoms with Gasteiger partial charge in [0.25, 0.3) is 0 Å². The fourth-order valence-electron chi connectivity index (χ4n) is 4.78. The van der Waals surface area contributed by atoms with Crippen LogP contribution in [0, 0.1) is 0 Å². The molecule has 13 heteroatoms. The summed E-state index contributed by atoms with van der Waals surface area (Å²) in [5, 5.41) is 0.268. The van der Waals surface area contributed by atoms with Gasteiger partial charge in [-0.15, -0.1) is 0 Å². The van der Waals surface area contributed by atoms with Crippen molar-refractivity contribution in [3.63, 3.8) is 0 Å². The number of rotatable bonds is 10. The van der Waals surface area contributed by atoms with E-state index in [0.717, 1.165) is 20.8 Å². The maximum atomic E-state index is 13.4. The molecule has 1 saturated heterocycles. The van der Waals surface area contributed by atoms with Gasteiger partial charge in [-0.1, -0.05) is 12.1 Å². The normalized spacial score (nSPS) is 21.1. The Balaban J connectivity index is 1.67. The lowest BCUT2D eigenvalue weighted by Gasteiger charge is -2.43. The maximum Gasteiger partial charge on any atom is 0.303 e. The molecule has 3 aromatic rings. The summed E-state index contributed by atoms with van der Waals surface area (Å²) in [6, 6.07) is 11.5. The second-order valence-corrected chi connectivity index (χ2v) is 10.5. The highest BCUT2D eigenvalue weighted by Crippen LogP contribution is 2.32. The number of fused-ring (bicyclic) bond motifs is 1. The third-order valence-electron chi connectivity index (χ3n) is 6.48. The molecule has 240 valence electrons. The smallest absolute Gasteiger partial charge is 0.303 e. The van der Waals surface area contributed by atoms with E-state index in [1.165, 1.54) is 31.4 Å². The van der Waals surface area contributed by atoms with Crippen LogP contribution < -0.4 is 14.9 Å². The van der Waals surface area contributed by atoms with Gasteiger partial charge in [-0.2, -0.15) is 0 Å². The van der Waals surface area contributed by atoms with Crippen LogP contribution in [0.3, 0.4) is 0 Å². The molecular weight excluding hydrogens is 592 g/mol. The van der Waals surface area contributed by atoms with Gasteiger partial charge in [0.2, 0.25) is 12.4 Å². The summed E-state index contributed by atoms with van der Waals surface area (Å²) in [4.78, 5) is 61.0. The molecule has 4 rings (SSSR count). The Labute approximate surface area is 258 Å². The lowest BCUT2D eigenvalue weighted by Crippen LogP contribution is -2.63. The first kappa shape index (κ1) is 33.0. The van der Waals surface area contributed by atoms with Crippen LogP contribution in [-0.2, 0) is 42.9 Å². The molecule has 0 N–H and O–H groups in total. The van der Waals surface area contributed by atoms with Crippen molar-refractivity contribution in [2.24, 2.45) is 0 Å². The Morgan fingerprint density at radius 3 is 1.98 bits per heavy atom. The van der Waals surface area contributed by atoms with E-state index in [2.05, 4.69) is 0 Å². The van der Waals surface area contributed by atoms with E-state index in [9.17, 15) is 24.0 Å². The molecular formula is C32H34O13. The Kier molecular flexibility index (Phi) is 10.4. The van der Waals surface area contributed by atoms with Gasteiger partial charge in [0, 0.05) is 33.8 Å². The minimum atomic E-state index is -1.44. The van der Waals surface area contributed by atoms with E-state index in [1.54, 1.807) is 24.3 Å². The molecule has 0 radical (unpaired) electrons. The van der Waals surface area contributed by atoms with Crippen LogP contribution in [0.5, 0.6) is 11.5 Å². The van der Waals surface area contributed by atoms with Crippen LogP contribution in [0.4, 0.5) is 0 Å². The summed E-state index contributed by atoms with van der Waals surface area (Å²) in [5.41, 5.74) is 0.880. The van der Waals surface area contributed by atoms with E-state index < -0.39 is 61.2 Å². The molecule has 13 nitrogen and oxygen atoms in total. The fourth-order valence-corrected chi connectivity index (χ4v) is 4.78. The van der Waals surface area contributed by atoms with Crippen LogP contribution >= 0.6 is 0 Å². The zero-order valence-electron chi connectivity index (χ0n) is 25.6. The highest BCUT2D eigenvalue weighted by atomic mass is 16.7. The zero-order valence-corrected chi connectivity index (χ0v) is 25.6. The van der Waals surface area contributed by atoms with Crippen molar-refractivity contribution in [1.29, 1.82) is 0 Å². The number of carbonyl (C=O) groups excluding carboxylic acids is 4. The molecule has 2 aromatic carbocycles. The predicted octanol–water partition coefficient (Wildman–Crippen LogP) is 3.71. The van der Waals surface area contributed by atoms with E-state index >= 15 is 0 Å². The highest BCUT2D eigenvalue weighted by Gasteiger charge is 2.53. The van der Waals surface area contributed by atoms with Gasteiger partial charge in [0.15, 0.2) is 17.6 Å². The van der Waals surface area contributed by atoms with Crippen molar-refractivity contribution in [1.82, 2.24) is 0 Å². The number of esters is 4. The Bertz CT molecular complexity index is 1610. The largest absolute Gasteiger partial charge is 0.491 e. The number of benzene rings is 2. The molecule has 0 spiro atoms. The standard InChI is InChI=1S/C32H34O13/c1-16(2)40-22-9-7-21(8-10-22)25-14-39-26-13-23(11-12-24(26)28(25)37)44-32-31(43-20(6)36)30(42-19(5)35)29(41-18(4)34)27(45-32)15-38-17(3)33/h7-14,16,27,29-32H,15H2,1-6H3/t27-,29-,30+,31-,32-/m1/s1. The Morgan fingerprint density at radius 2 is 1.38 bits per heavy atom. The maximum absolute atomic E-state index is 13.4. The second-order valence-electron chi connectivity index (χ2n) is 10.5. The third kappa shape index (κ3) is 8.38. The summed E-state index contributed by atoms with van der Waals surface area (Å²) < 4.78 is 44.8. The number of hydrogen-bond acceptors (Lipinski definition) is 13. The molecule has 2 heterocycles. The summed E-state index contributed by atoms with van der Waals surface area (Å²) in [6.45, 7) is 7.98. The molecule has 45 heavy (non-hydrogen) atoms. The average molecular weight is 627 g/mol. The minimum Gasteiger partial charge on any atom is -0.491 e. The summed E-state index contributed by atoms with van der Waals surface area (Å²) >= 11 is 0. The van der Waals surface area contributed by atoms with Crippen LogP contribution in [0.2, 0.25) is 0 Å². The molecule has 1 aliphatic heterocycles. The molecule has 0 bridgehead atoms. The first-order chi connectivity index (χ1) is 21.3. The van der Waals surface area contributed by atoms with Gasteiger partial charge in [-0.05, 0) is 43.7 Å². The first-order valence-electron chi connectivity index (χ1n) is 14.1. The average Bonchev–Trinajstić information content (AvgIpc) is 2.95. The van der Waals surface area contributed by atoms with Crippen molar-refractivity contribution in [2.45, 2.75) is 78.4 Å². The highest BCUT2D eigenvalue weighted by molar-refractivity contribution is 5.82. The Morgan fingerprint density at radius 1 is 0.778 bits per heavy atom. The van der Waals surface area contributed by atoms with Gasteiger partial charge >= 0.3 is 23.9 Å². The minimum absolute atomic E-state index is 0.00364. The molecule has 0 saturated carbocycles. The summed E-state index contributed by atoms with van der Waals surface area (Å²) in [7, 11) is 0. The van der Waals surface area contributed by atoms with Gasteiger partial charge in [0.05, 0.1) is 17.1 Å². The zero-order chi connectivity index (χ0) is 32.8. The van der Waals surface area contributed by atoms with Gasteiger partial charge < -0.3 is 37.6 Å². The number of carbonyl (C=O) groups is 4. The van der Waals surface area contributed by atoms with Crippen molar-refractivity contribution >= 4 is 34.8 Å². The first-order valence-corrected chi connectivity index (χ1v) is 14.1. The van der Waals surface area contributed by atoms with E-state index in [-0.39, 0.29) is 28.3 Å². The van der Waals surface area contributed by atoms with Gasteiger partial charge in [-0.3, -0.25) is 24.0 Å². The van der Waals surface area contributed by atoms with Crippen LogP contribution in [0.1, 0.15) is 41.5 Å². The van der Waals surface area contributed by atoms with E-state index in [4.69, 9.17) is 37.6 Å². The SMILES string of the molecule is CC(=O)OC[C@H]1O[C@@H](Oc2ccc3c(=O)c(-c4ccc(OC(C)C)cc4)coc3c2)[C@H](OC(C)=O)[C@@H](OC(C)=O)[C@@H]1OC(C)=O. The molecule has 1 aliphatic rings. The lowest BCUT2D eigenvalue weighted by atomic mass is 9.98. The van der Waals surface area contributed by atoms with Crippen LogP contribution in [0.15, 0.2) is 57.9 Å². The quantitative estimate of drug-likeness (QED) is 0.237. The van der Waals surface area contributed by atoms with Crippen molar-refractivity contribution in [3.05, 3.63) is 59.0 Å². The number of hydrogen-bond donors (Lipinski definition) is 0. The van der Waals surface area contributed by atoms with Crippen molar-refractivity contribution in [2.75, 3.05) is 6.61 Å². The van der Waals surface area contributed by atoms with Crippen LogP contribution in [-0.4, -0.2) is 67.3 Å². The van der Waals surface area contributed by atoms with Crippen molar-refractivity contribution < 1.29 is 56.8 Å². The summed E-state index contributed by atoms with van der Waals surface area (Å²) in [6.07, 6.45) is -5.43. The van der Waals surface area contributed by atoms with Gasteiger partial charge in [-0.25, -0.2) is 0 Å². The molecule has 1 fully saturated rings. The monoisotopic (exact) mass is 626 g/mol. The Hall–Kier alpha value is -4.91. The lowest BCUT2D eigenvalue weighted by molar-refractivity contribution is -0.288. The number of ether oxygens (including phenoxy) is 7. The molecule has 0 unspecified atom stereocenters. The topological polar surface area (TPSA) is 163 Å². The van der Waals surface area contributed by atoms with Gasteiger partial charge in [0.1, 0.15) is 36.1 Å². The third-order valence-corrected chi connectivity index (χ3v) is 6.48. The van der Waals surface area contributed by atoms with Crippen LogP contribution in [0.25, 0.3) is 22.1 Å².